The Morgan fingerprint density at radius 1 is 1.07 bits per heavy atom. The van der Waals surface area contributed by atoms with Crippen LogP contribution in [0.25, 0.3) is 0 Å². The first-order valence-corrected chi connectivity index (χ1v) is 9.92. The van der Waals surface area contributed by atoms with E-state index in [-0.39, 0.29) is 10.5 Å². The summed E-state index contributed by atoms with van der Waals surface area (Å²) in [6.07, 6.45) is 0.617. The minimum atomic E-state index is -3.80. The Kier molecular flexibility index (Phi) is 6.57. The van der Waals surface area contributed by atoms with E-state index < -0.39 is 28.4 Å². The summed E-state index contributed by atoms with van der Waals surface area (Å²) in [4.78, 5) is 24.6. The molecule has 1 amide bonds. The number of carbonyl (C=O) groups is 2. The Balaban J connectivity index is 2.21. The topological polar surface area (TPSA) is 104 Å². The summed E-state index contributed by atoms with van der Waals surface area (Å²) < 4.78 is 27.6. The van der Waals surface area contributed by atoms with Crippen molar-refractivity contribution >= 4 is 27.6 Å². The second-order valence-electron chi connectivity index (χ2n) is 6.07. The molecule has 0 fully saturated rings. The van der Waals surface area contributed by atoms with Crippen LogP contribution in [0.5, 0.6) is 0 Å². The first-order chi connectivity index (χ1) is 12.7. The molecule has 0 aromatic heterocycles. The number of carboxylic acid groups (broad SMARTS) is 1. The minimum Gasteiger partial charge on any atom is -0.480 e. The largest absolute Gasteiger partial charge is 0.480 e. The highest BCUT2D eigenvalue weighted by Crippen LogP contribution is 2.20. The van der Waals surface area contributed by atoms with Gasteiger partial charge in [0.05, 0.1) is 10.6 Å². The van der Waals surface area contributed by atoms with Crippen molar-refractivity contribution in [2.24, 2.45) is 0 Å². The Morgan fingerprint density at radius 2 is 1.70 bits per heavy atom. The third-order valence-electron chi connectivity index (χ3n) is 3.91. The molecule has 0 radical (unpaired) electrons. The number of benzene rings is 2. The van der Waals surface area contributed by atoms with Crippen molar-refractivity contribution in [2.75, 3.05) is 17.8 Å². The fourth-order valence-corrected chi connectivity index (χ4v) is 3.67. The molecule has 0 aliphatic carbocycles. The summed E-state index contributed by atoms with van der Waals surface area (Å²) in [7, 11) is -3.80. The molecule has 2 rings (SSSR count). The number of hydrogen-bond acceptors (Lipinski definition) is 4. The van der Waals surface area contributed by atoms with E-state index in [0.29, 0.717) is 18.7 Å². The molecule has 0 aliphatic rings. The lowest BCUT2D eigenvalue weighted by Crippen LogP contribution is -2.36. The molecule has 0 saturated heterocycles. The van der Waals surface area contributed by atoms with Crippen LogP contribution in [0.3, 0.4) is 0 Å². The van der Waals surface area contributed by atoms with Gasteiger partial charge in [-0.1, -0.05) is 25.1 Å². The van der Waals surface area contributed by atoms with Gasteiger partial charge in [0.1, 0.15) is 6.54 Å². The Labute approximate surface area is 158 Å². The van der Waals surface area contributed by atoms with E-state index in [1.165, 1.54) is 29.2 Å². The van der Waals surface area contributed by atoms with Crippen molar-refractivity contribution in [3.05, 3.63) is 59.7 Å². The van der Waals surface area contributed by atoms with E-state index in [0.717, 1.165) is 5.56 Å². The van der Waals surface area contributed by atoms with Crippen molar-refractivity contribution in [3.63, 3.8) is 0 Å². The summed E-state index contributed by atoms with van der Waals surface area (Å²) in [6, 6.07) is 12.4. The molecular weight excluding hydrogens is 368 g/mol. The fourth-order valence-electron chi connectivity index (χ4n) is 2.54. The highest BCUT2D eigenvalue weighted by molar-refractivity contribution is 7.92. The lowest BCUT2D eigenvalue weighted by Gasteiger charge is -2.20. The number of carbonyl (C=O) groups excluding carboxylic acids is 1. The van der Waals surface area contributed by atoms with Gasteiger partial charge in [0.2, 0.25) is 0 Å². The molecule has 2 N–H and O–H groups in total. The summed E-state index contributed by atoms with van der Waals surface area (Å²) in [6.45, 7) is 3.54. The van der Waals surface area contributed by atoms with Gasteiger partial charge in [0, 0.05) is 12.1 Å². The maximum Gasteiger partial charge on any atom is 0.323 e. The van der Waals surface area contributed by atoms with E-state index in [1.807, 2.05) is 13.0 Å². The number of amides is 1. The van der Waals surface area contributed by atoms with Crippen LogP contribution >= 0.6 is 0 Å². The average Bonchev–Trinajstić information content (AvgIpc) is 2.62. The van der Waals surface area contributed by atoms with Gasteiger partial charge in [-0.15, -0.1) is 0 Å². The van der Waals surface area contributed by atoms with Crippen LogP contribution in [0.2, 0.25) is 0 Å². The van der Waals surface area contributed by atoms with Crippen LogP contribution in [-0.2, 0) is 14.8 Å². The van der Waals surface area contributed by atoms with Gasteiger partial charge in [0.25, 0.3) is 15.9 Å². The minimum absolute atomic E-state index is 0.0163. The number of nitrogens with one attached hydrogen (secondary N) is 1. The van der Waals surface area contributed by atoms with Crippen LogP contribution in [0.15, 0.2) is 53.4 Å². The average molecular weight is 390 g/mol. The first kappa shape index (κ1) is 20.4. The molecule has 2 aromatic rings. The molecule has 144 valence electrons. The number of rotatable bonds is 8. The zero-order chi connectivity index (χ0) is 20.0. The molecule has 0 aliphatic heterocycles. The monoisotopic (exact) mass is 390 g/mol. The quantitative estimate of drug-likeness (QED) is 0.721. The molecule has 0 bridgehead atoms. The summed E-state index contributed by atoms with van der Waals surface area (Å²) in [5.41, 5.74) is 1.50. The number of nitrogens with zero attached hydrogens (tertiary/aromatic N) is 1. The van der Waals surface area contributed by atoms with E-state index in [4.69, 9.17) is 5.11 Å². The van der Waals surface area contributed by atoms with Gasteiger partial charge in [-0.3, -0.25) is 14.3 Å². The highest BCUT2D eigenvalue weighted by Gasteiger charge is 2.20. The lowest BCUT2D eigenvalue weighted by molar-refractivity contribution is -0.137. The zero-order valence-corrected chi connectivity index (χ0v) is 16.0. The second kappa shape index (κ2) is 8.68. The van der Waals surface area contributed by atoms with Gasteiger partial charge in [0.15, 0.2) is 0 Å². The number of carboxylic acids is 1. The molecule has 0 spiro atoms. The van der Waals surface area contributed by atoms with Crippen molar-refractivity contribution in [1.82, 2.24) is 4.90 Å². The molecule has 0 heterocycles. The Hall–Kier alpha value is -2.87. The maximum absolute atomic E-state index is 12.5. The summed E-state index contributed by atoms with van der Waals surface area (Å²) in [5, 5.41) is 8.94. The number of aliphatic carboxylic acids is 1. The standard InChI is InChI=1S/C19H22N2O5S/c1-3-12-21(13-18(22)23)19(24)15-8-10-16(11-9-15)27(25,26)20-17-7-5-4-6-14(17)2/h4-11,20H,3,12-13H2,1-2H3,(H,22,23). The lowest BCUT2D eigenvalue weighted by atomic mass is 10.2. The van der Waals surface area contributed by atoms with Crippen molar-refractivity contribution in [3.8, 4) is 0 Å². The predicted octanol–water partition coefficient (Wildman–Crippen LogP) is 2.73. The summed E-state index contributed by atoms with van der Waals surface area (Å²) in [5.74, 6) is -1.55. The van der Waals surface area contributed by atoms with Gasteiger partial charge in [-0.05, 0) is 49.2 Å². The van der Waals surface area contributed by atoms with Crippen LogP contribution in [0, 0.1) is 6.92 Å². The number of sulfonamides is 1. The molecule has 0 unspecified atom stereocenters. The van der Waals surface area contributed by atoms with E-state index in [1.54, 1.807) is 25.1 Å². The fraction of sp³-hybridized carbons (Fsp3) is 0.263. The smallest absolute Gasteiger partial charge is 0.323 e. The first-order valence-electron chi connectivity index (χ1n) is 8.44. The molecule has 2 aromatic carbocycles. The molecule has 27 heavy (non-hydrogen) atoms. The third kappa shape index (κ3) is 5.30. The van der Waals surface area contributed by atoms with Crippen molar-refractivity contribution in [2.45, 2.75) is 25.2 Å². The SMILES string of the molecule is CCCN(CC(=O)O)C(=O)c1ccc(S(=O)(=O)Nc2ccccc2C)cc1. The van der Waals surface area contributed by atoms with Crippen LogP contribution in [0.1, 0.15) is 29.3 Å². The molecule has 0 atom stereocenters. The normalized spacial score (nSPS) is 11.0. The number of hydrogen-bond donors (Lipinski definition) is 2. The van der Waals surface area contributed by atoms with Crippen molar-refractivity contribution in [1.29, 1.82) is 0 Å². The highest BCUT2D eigenvalue weighted by atomic mass is 32.2. The summed E-state index contributed by atoms with van der Waals surface area (Å²) >= 11 is 0. The molecule has 8 heteroatoms. The van der Waals surface area contributed by atoms with E-state index in [2.05, 4.69) is 4.72 Å². The molecular formula is C19H22N2O5S. The van der Waals surface area contributed by atoms with Crippen LogP contribution < -0.4 is 4.72 Å². The number of aryl methyl sites for hydroxylation is 1. The van der Waals surface area contributed by atoms with Gasteiger partial charge < -0.3 is 10.0 Å². The Bertz CT molecular complexity index is 923. The second-order valence-corrected chi connectivity index (χ2v) is 7.75. The van der Waals surface area contributed by atoms with E-state index >= 15 is 0 Å². The van der Waals surface area contributed by atoms with Gasteiger partial charge >= 0.3 is 5.97 Å². The Morgan fingerprint density at radius 3 is 2.26 bits per heavy atom. The molecule has 0 saturated carbocycles. The van der Waals surface area contributed by atoms with Crippen LogP contribution in [-0.4, -0.2) is 43.4 Å². The van der Waals surface area contributed by atoms with Crippen molar-refractivity contribution < 1.29 is 23.1 Å². The predicted molar refractivity (Wildman–Crippen MR) is 102 cm³/mol. The number of para-hydroxylation sites is 1. The van der Waals surface area contributed by atoms with E-state index in [9.17, 15) is 18.0 Å². The van der Waals surface area contributed by atoms with Crippen LogP contribution in [0.4, 0.5) is 5.69 Å². The van der Waals surface area contributed by atoms with Gasteiger partial charge in [-0.25, -0.2) is 8.42 Å². The zero-order valence-electron chi connectivity index (χ0n) is 15.2. The third-order valence-corrected chi connectivity index (χ3v) is 5.29. The maximum atomic E-state index is 12.5. The number of anilines is 1. The molecule has 7 nitrogen and oxygen atoms in total. The van der Waals surface area contributed by atoms with Gasteiger partial charge in [-0.2, -0.15) is 0 Å².